The van der Waals surface area contributed by atoms with Gasteiger partial charge in [0, 0.05) is 43.3 Å². The average molecular weight is 418 g/mol. The van der Waals surface area contributed by atoms with Crippen LogP contribution in [0.4, 0.5) is 0 Å². The SMILES string of the molecule is COCCCN1CC(=O)N2C(c3cccc(C)c3)c3[nH]c4ccccc4c3C[C@H]2C1=O. The Balaban J connectivity index is 1.62. The molecule has 6 nitrogen and oxygen atoms in total. The number of hydrogen-bond donors (Lipinski definition) is 1. The molecule has 2 aromatic carbocycles. The van der Waals surface area contributed by atoms with Crippen LogP contribution in [0.5, 0.6) is 0 Å². The highest BCUT2D eigenvalue weighted by Gasteiger charge is 2.48. The summed E-state index contributed by atoms with van der Waals surface area (Å²) < 4.78 is 5.13. The number of carbonyl (C=O) groups is 2. The first-order valence-electron chi connectivity index (χ1n) is 10.8. The van der Waals surface area contributed by atoms with E-state index in [1.165, 1.54) is 0 Å². The van der Waals surface area contributed by atoms with Gasteiger partial charge in [-0.3, -0.25) is 9.59 Å². The third-order valence-corrected chi connectivity index (χ3v) is 6.48. The van der Waals surface area contributed by atoms with Gasteiger partial charge in [-0.15, -0.1) is 0 Å². The van der Waals surface area contributed by atoms with Gasteiger partial charge in [-0.05, 0) is 30.5 Å². The van der Waals surface area contributed by atoms with Crippen molar-refractivity contribution in [2.45, 2.75) is 31.8 Å². The van der Waals surface area contributed by atoms with Crippen molar-refractivity contribution in [1.82, 2.24) is 14.8 Å². The van der Waals surface area contributed by atoms with Crippen LogP contribution in [-0.4, -0.2) is 59.4 Å². The summed E-state index contributed by atoms with van der Waals surface area (Å²) in [5.41, 5.74) is 5.38. The molecule has 0 spiro atoms. The Morgan fingerprint density at radius 3 is 2.77 bits per heavy atom. The van der Waals surface area contributed by atoms with Crippen LogP contribution in [0.3, 0.4) is 0 Å². The summed E-state index contributed by atoms with van der Waals surface area (Å²) >= 11 is 0. The van der Waals surface area contributed by atoms with Gasteiger partial charge in [-0.25, -0.2) is 0 Å². The van der Waals surface area contributed by atoms with E-state index >= 15 is 0 Å². The number of benzene rings is 2. The molecule has 31 heavy (non-hydrogen) atoms. The van der Waals surface area contributed by atoms with Gasteiger partial charge in [-0.1, -0.05) is 48.0 Å². The molecule has 2 atom stereocenters. The number of aromatic amines is 1. The number of piperazine rings is 1. The van der Waals surface area contributed by atoms with Crippen LogP contribution < -0.4 is 0 Å². The van der Waals surface area contributed by atoms with Crippen molar-refractivity contribution in [2.75, 3.05) is 26.8 Å². The first kappa shape index (κ1) is 19.8. The number of nitrogens with zero attached hydrogens (tertiary/aromatic N) is 2. The van der Waals surface area contributed by atoms with E-state index in [9.17, 15) is 9.59 Å². The van der Waals surface area contributed by atoms with E-state index in [-0.39, 0.29) is 24.4 Å². The monoisotopic (exact) mass is 417 g/mol. The van der Waals surface area contributed by atoms with Crippen molar-refractivity contribution in [3.63, 3.8) is 0 Å². The Hall–Kier alpha value is -3.12. The second kappa shape index (κ2) is 7.85. The maximum absolute atomic E-state index is 13.5. The van der Waals surface area contributed by atoms with Crippen molar-refractivity contribution in [2.24, 2.45) is 0 Å². The molecular weight excluding hydrogens is 390 g/mol. The fraction of sp³-hybridized carbons (Fsp3) is 0.360. The fourth-order valence-electron chi connectivity index (χ4n) is 5.10. The number of methoxy groups -OCH3 is 1. The highest BCUT2D eigenvalue weighted by atomic mass is 16.5. The minimum atomic E-state index is -0.485. The van der Waals surface area contributed by atoms with Gasteiger partial charge in [0.1, 0.15) is 6.04 Å². The molecule has 5 rings (SSSR count). The summed E-state index contributed by atoms with van der Waals surface area (Å²) in [4.78, 5) is 34.0. The number of aryl methyl sites for hydroxylation is 1. The molecule has 1 aromatic heterocycles. The standard InChI is InChI=1S/C25H27N3O3/c1-16-7-5-8-17(13-16)24-23-19(18-9-3-4-10-20(18)26-23)14-21-25(30)27(11-6-12-31-2)15-22(29)28(21)24/h3-5,7-10,13,21,24,26H,6,11-12,14-15H2,1-2H3/t21-,24?/m0/s1. The summed E-state index contributed by atoms with van der Waals surface area (Å²) in [5, 5.41) is 1.13. The predicted octanol–water partition coefficient (Wildman–Crippen LogP) is 3.20. The largest absolute Gasteiger partial charge is 0.385 e. The molecule has 1 unspecified atom stereocenters. The topological polar surface area (TPSA) is 65.6 Å². The van der Waals surface area contributed by atoms with Gasteiger partial charge in [-0.2, -0.15) is 0 Å². The van der Waals surface area contributed by atoms with Crippen molar-refractivity contribution >= 4 is 22.7 Å². The van der Waals surface area contributed by atoms with E-state index in [1.54, 1.807) is 12.0 Å². The molecule has 1 N–H and O–H groups in total. The quantitative estimate of drug-likeness (QED) is 0.649. The lowest BCUT2D eigenvalue weighted by molar-refractivity contribution is -0.158. The molecule has 0 aliphatic carbocycles. The second-order valence-corrected chi connectivity index (χ2v) is 8.51. The number of ether oxygens (including phenoxy) is 1. The van der Waals surface area contributed by atoms with E-state index in [0.717, 1.165) is 39.7 Å². The van der Waals surface area contributed by atoms with E-state index in [4.69, 9.17) is 4.74 Å². The Labute approximate surface area is 181 Å². The molecule has 0 saturated carbocycles. The molecule has 6 heteroatoms. The number of amides is 2. The van der Waals surface area contributed by atoms with Crippen LogP contribution in [0, 0.1) is 6.92 Å². The smallest absolute Gasteiger partial charge is 0.246 e. The number of H-pyrrole nitrogens is 1. The Bertz CT molecular complexity index is 1150. The lowest BCUT2D eigenvalue weighted by Gasteiger charge is -2.47. The summed E-state index contributed by atoms with van der Waals surface area (Å²) in [6.07, 6.45) is 1.26. The van der Waals surface area contributed by atoms with Gasteiger partial charge in [0.25, 0.3) is 0 Å². The van der Waals surface area contributed by atoms with Gasteiger partial charge in [0.15, 0.2) is 0 Å². The van der Waals surface area contributed by atoms with Crippen molar-refractivity contribution in [3.05, 3.63) is 70.9 Å². The number of fused-ring (bicyclic) bond motifs is 4. The van der Waals surface area contributed by atoms with Crippen LogP contribution in [0.15, 0.2) is 48.5 Å². The normalized spacial score (nSPS) is 20.8. The number of para-hydroxylation sites is 1. The molecule has 0 radical (unpaired) electrons. The molecular formula is C25H27N3O3. The number of hydrogen-bond acceptors (Lipinski definition) is 3. The molecule has 1 saturated heterocycles. The zero-order valence-corrected chi connectivity index (χ0v) is 17.9. The summed E-state index contributed by atoms with van der Waals surface area (Å²) in [5.74, 6) is 0.0297. The van der Waals surface area contributed by atoms with Gasteiger partial charge >= 0.3 is 0 Å². The van der Waals surface area contributed by atoms with Crippen LogP contribution in [-0.2, 0) is 20.7 Å². The number of aromatic nitrogens is 1. The van der Waals surface area contributed by atoms with Gasteiger partial charge < -0.3 is 19.5 Å². The fourth-order valence-corrected chi connectivity index (χ4v) is 5.10. The van der Waals surface area contributed by atoms with E-state index in [2.05, 4.69) is 42.2 Å². The third-order valence-electron chi connectivity index (χ3n) is 6.48. The zero-order chi connectivity index (χ0) is 21.5. The third kappa shape index (κ3) is 3.31. The summed E-state index contributed by atoms with van der Waals surface area (Å²) in [7, 11) is 1.65. The predicted molar refractivity (Wildman–Crippen MR) is 119 cm³/mol. The van der Waals surface area contributed by atoms with Crippen molar-refractivity contribution in [1.29, 1.82) is 0 Å². The molecule has 2 aliphatic heterocycles. The first-order chi connectivity index (χ1) is 15.1. The molecule has 3 aromatic rings. The van der Waals surface area contributed by atoms with Crippen LogP contribution in [0.1, 0.15) is 34.8 Å². The molecule has 2 amide bonds. The van der Waals surface area contributed by atoms with Crippen LogP contribution >= 0.6 is 0 Å². The minimum Gasteiger partial charge on any atom is -0.385 e. The van der Waals surface area contributed by atoms with Crippen molar-refractivity contribution < 1.29 is 14.3 Å². The summed E-state index contributed by atoms with van der Waals surface area (Å²) in [6.45, 7) is 3.29. The lowest BCUT2D eigenvalue weighted by atomic mass is 9.86. The second-order valence-electron chi connectivity index (χ2n) is 8.51. The molecule has 0 bridgehead atoms. The van der Waals surface area contributed by atoms with Gasteiger partial charge in [0.05, 0.1) is 12.6 Å². The van der Waals surface area contributed by atoms with E-state index in [0.29, 0.717) is 19.6 Å². The Kier molecular flexibility index (Phi) is 5.02. The Morgan fingerprint density at radius 1 is 1.13 bits per heavy atom. The number of rotatable bonds is 5. The highest BCUT2D eigenvalue weighted by Crippen LogP contribution is 2.42. The Morgan fingerprint density at radius 2 is 1.97 bits per heavy atom. The number of carbonyl (C=O) groups excluding carboxylic acids is 2. The summed E-state index contributed by atoms with van der Waals surface area (Å²) in [6, 6.07) is 15.6. The molecule has 1 fully saturated rings. The van der Waals surface area contributed by atoms with Gasteiger partial charge in [0.2, 0.25) is 11.8 Å². The average Bonchev–Trinajstić information content (AvgIpc) is 3.14. The van der Waals surface area contributed by atoms with Crippen molar-refractivity contribution in [3.8, 4) is 0 Å². The van der Waals surface area contributed by atoms with Crippen LogP contribution in [0.25, 0.3) is 10.9 Å². The minimum absolute atomic E-state index is 0.00201. The molecule has 2 aliphatic rings. The molecule has 3 heterocycles. The maximum Gasteiger partial charge on any atom is 0.246 e. The highest BCUT2D eigenvalue weighted by molar-refractivity contribution is 5.97. The van der Waals surface area contributed by atoms with E-state index < -0.39 is 6.04 Å². The van der Waals surface area contributed by atoms with Crippen LogP contribution in [0.2, 0.25) is 0 Å². The lowest BCUT2D eigenvalue weighted by Crippen LogP contribution is -2.63. The van der Waals surface area contributed by atoms with E-state index in [1.807, 2.05) is 23.1 Å². The number of nitrogens with one attached hydrogen (secondary N) is 1. The first-order valence-corrected chi connectivity index (χ1v) is 10.8. The maximum atomic E-state index is 13.5. The molecule has 160 valence electrons. The zero-order valence-electron chi connectivity index (χ0n) is 17.9.